The van der Waals surface area contributed by atoms with Crippen molar-refractivity contribution in [1.82, 2.24) is 0 Å². The summed E-state index contributed by atoms with van der Waals surface area (Å²) in [5.74, 6) is -0.751. The maximum absolute atomic E-state index is 11.5. The van der Waals surface area contributed by atoms with Crippen LogP contribution in [-0.2, 0) is 10.3 Å². The number of primary amides is 1. The zero-order valence-corrected chi connectivity index (χ0v) is 8.81. The standard InChI is InChI=1S/C12H16N2O/c1-3-9(2)12(14,11(13)15)10-7-5-4-6-8-10/h3-9H,1,14H2,2H3,(H2,13,15)/t9-,12-/m0/s1. The summed E-state index contributed by atoms with van der Waals surface area (Å²) in [5.41, 5.74) is 11.0. The van der Waals surface area contributed by atoms with Gasteiger partial charge in [0.15, 0.2) is 0 Å². The number of carbonyl (C=O) groups excluding carboxylic acids is 1. The molecule has 4 N–H and O–H groups in total. The molecule has 3 nitrogen and oxygen atoms in total. The molecule has 2 atom stereocenters. The van der Waals surface area contributed by atoms with Crippen molar-refractivity contribution in [3.05, 3.63) is 48.6 Å². The smallest absolute Gasteiger partial charge is 0.242 e. The third-order valence-corrected chi connectivity index (χ3v) is 2.73. The first-order chi connectivity index (χ1) is 7.03. The second-order valence-corrected chi connectivity index (χ2v) is 3.62. The van der Waals surface area contributed by atoms with E-state index in [9.17, 15) is 4.79 Å². The van der Waals surface area contributed by atoms with Gasteiger partial charge in [-0.1, -0.05) is 43.3 Å². The normalized spacial score (nSPS) is 16.4. The van der Waals surface area contributed by atoms with Crippen molar-refractivity contribution in [2.24, 2.45) is 17.4 Å². The lowest BCUT2D eigenvalue weighted by molar-refractivity contribution is -0.124. The molecule has 0 spiro atoms. The van der Waals surface area contributed by atoms with Gasteiger partial charge in [-0.3, -0.25) is 4.79 Å². The summed E-state index contributed by atoms with van der Waals surface area (Å²) in [6.07, 6.45) is 1.64. The average Bonchev–Trinajstić information content (AvgIpc) is 2.27. The molecule has 0 aliphatic rings. The second-order valence-electron chi connectivity index (χ2n) is 3.62. The van der Waals surface area contributed by atoms with Gasteiger partial charge in [0.25, 0.3) is 0 Å². The Morgan fingerprint density at radius 3 is 2.40 bits per heavy atom. The Balaban J connectivity index is 3.24. The Bertz CT molecular complexity index is 361. The molecular weight excluding hydrogens is 188 g/mol. The minimum Gasteiger partial charge on any atom is -0.368 e. The van der Waals surface area contributed by atoms with E-state index < -0.39 is 11.4 Å². The molecule has 0 bridgehead atoms. The monoisotopic (exact) mass is 204 g/mol. The molecule has 0 radical (unpaired) electrons. The van der Waals surface area contributed by atoms with E-state index in [1.54, 1.807) is 18.2 Å². The molecule has 0 fully saturated rings. The first-order valence-electron chi connectivity index (χ1n) is 4.80. The van der Waals surface area contributed by atoms with Crippen LogP contribution in [0.3, 0.4) is 0 Å². The van der Waals surface area contributed by atoms with Crippen molar-refractivity contribution in [3.63, 3.8) is 0 Å². The van der Waals surface area contributed by atoms with Gasteiger partial charge in [-0.05, 0) is 5.56 Å². The van der Waals surface area contributed by atoms with Crippen LogP contribution < -0.4 is 11.5 Å². The molecule has 0 unspecified atom stereocenters. The molecule has 0 saturated heterocycles. The lowest BCUT2D eigenvalue weighted by Crippen LogP contribution is -2.53. The zero-order valence-electron chi connectivity index (χ0n) is 8.81. The number of nitrogens with two attached hydrogens (primary N) is 2. The Hall–Kier alpha value is -1.61. The third-order valence-electron chi connectivity index (χ3n) is 2.73. The number of amides is 1. The lowest BCUT2D eigenvalue weighted by atomic mass is 9.79. The van der Waals surface area contributed by atoms with Crippen LogP contribution in [0.4, 0.5) is 0 Å². The molecule has 0 heterocycles. The Kier molecular flexibility index (Phi) is 3.27. The van der Waals surface area contributed by atoms with Crippen molar-refractivity contribution in [1.29, 1.82) is 0 Å². The van der Waals surface area contributed by atoms with Crippen molar-refractivity contribution in [2.45, 2.75) is 12.5 Å². The number of hydrogen-bond acceptors (Lipinski definition) is 2. The second kappa shape index (κ2) is 4.28. The molecule has 0 aliphatic heterocycles. The van der Waals surface area contributed by atoms with Gasteiger partial charge in [0, 0.05) is 5.92 Å². The van der Waals surface area contributed by atoms with Gasteiger partial charge in [-0.25, -0.2) is 0 Å². The highest BCUT2D eigenvalue weighted by molar-refractivity contribution is 5.86. The summed E-state index contributed by atoms with van der Waals surface area (Å²) in [6.45, 7) is 5.47. The Morgan fingerprint density at radius 1 is 1.47 bits per heavy atom. The molecule has 0 aromatic heterocycles. The van der Waals surface area contributed by atoms with Gasteiger partial charge < -0.3 is 11.5 Å². The topological polar surface area (TPSA) is 69.1 Å². The maximum atomic E-state index is 11.5. The zero-order chi connectivity index (χ0) is 11.5. The van der Waals surface area contributed by atoms with E-state index in [4.69, 9.17) is 11.5 Å². The van der Waals surface area contributed by atoms with E-state index in [1.165, 1.54) is 0 Å². The number of hydrogen-bond donors (Lipinski definition) is 2. The molecular formula is C12H16N2O. The van der Waals surface area contributed by atoms with Crippen LogP contribution in [-0.4, -0.2) is 5.91 Å². The van der Waals surface area contributed by atoms with E-state index in [-0.39, 0.29) is 5.92 Å². The van der Waals surface area contributed by atoms with Gasteiger partial charge in [0.2, 0.25) is 5.91 Å². The summed E-state index contributed by atoms with van der Waals surface area (Å²) in [4.78, 5) is 11.5. The summed E-state index contributed by atoms with van der Waals surface area (Å²) in [7, 11) is 0. The lowest BCUT2D eigenvalue weighted by Gasteiger charge is -2.30. The van der Waals surface area contributed by atoms with Gasteiger partial charge >= 0.3 is 0 Å². The molecule has 15 heavy (non-hydrogen) atoms. The molecule has 1 aromatic carbocycles. The summed E-state index contributed by atoms with van der Waals surface area (Å²) < 4.78 is 0. The minimum atomic E-state index is -1.18. The van der Waals surface area contributed by atoms with Gasteiger partial charge in [-0.15, -0.1) is 6.58 Å². The van der Waals surface area contributed by atoms with Crippen molar-refractivity contribution in [3.8, 4) is 0 Å². The Labute approximate surface area is 89.8 Å². The van der Waals surface area contributed by atoms with E-state index >= 15 is 0 Å². The van der Waals surface area contributed by atoms with E-state index in [0.717, 1.165) is 0 Å². The predicted octanol–water partition coefficient (Wildman–Crippen LogP) is 1.15. The molecule has 80 valence electrons. The van der Waals surface area contributed by atoms with Crippen LogP contribution in [0.15, 0.2) is 43.0 Å². The fourth-order valence-corrected chi connectivity index (χ4v) is 1.53. The van der Waals surface area contributed by atoms with E-state index in [2.05, 4.69) is 6.58 Å². The third kappa shape index (κ3) is 1.92. The van der Waals surface area contributed by atoms with Gasteiger partial charge in [-0.2, -0.15) is 0 Å². The first-order valence-corrected chi connectivity index (χ1v) is 4.80. The number of benzene rings is 1. The average molecular weight is 204 g/mol. The van der Waals surface area contributed by atoms with Crippen LogP contribution in [0.1, 0.15) is 12.5 Å². The summed E-state index contributed by atoms with van der Waals surface area (Å²) in [6, 6.07) is 9.12. The summed E-state index contributed by atoms with van der Waals surface area (Å²) in [5, 5.41) is 0. The fourth-order valence-electron chi connectivity index (χ4n) is 1.53. The largest absolute Gasteiger partial charge is 0.368 e. The summed E-state index contributed by atoms with van der Waals surface area (Å²) >= 11 is 0. The quantitative estimate of drug-likeness (QED) is 0.722. The maximum Gasteiger partial charge on any atom is 0.242 e. The van der Waals surface area contributed by atoms with Crippen LogP contribution in [0.2, 0.25) is 0 Å². The van der Waals surface area contributed by atoms with Crippen LogP contribution >= 0.6 is 0 Å². The van der Waals surface area contributed by atoms with Crippen molar-refractivity contribution >= 4 is 5.91 Å². The van der Waals surface area contributed by atoms with Gasteiger partial charge in [0.1, 0.15) is 5.54 Å². The van der Waals surface area contributed by atoms with Crippen LogP contribution in [0.5, 0.6) is 0 Å². The van der Waals surface area contributed by atoms with E-state index in [0.29, 0.717) is 5.56 Å². The molecule has 1 amide bonds. The highest BCUT2D eigenvalue weighted by atomic mass is 16.1. The first kappa shape index (κ1) is 11.5. The molecule has 1 aromatic rings. The highest BCUT2D eigenvalue weighted by Gasteiger charge is 2.38. The van der Waals surface area contributed by atoms with Crippen molar-refractivity contribution in [2.75, 3.05) is 0 Å². The van der Waals surface area contributed by atoms with Gasteiger partial charge in [0.05, 0.1) is 0 Å². The molecule has 0 saturated carbocycles. The van der Waals surface area contributed by atoms with Crippen LogP contribution in [0.25, 0.3) is 0 Å². The minimum absolute atomic E-state index is 0.211. The Morgan fingerprint density at radius 2 is 2.00 bits per heavy atom. The molecule has 0 aliphatic carbocycles. The predicted molar refractivity (Wildman–Crippen MR) is 60.9 cm³/mol. The fraction of sp³-hybridized carbons (Fsp3) is 0.250. The van der Waals surface area contributed by atoms with E-state index in [1.807, 2.05) is 25.1 Å². The molecule has 3 heteroatoms. The number of carbonyl (C=O) groups is 1. The molecule has 1 rings (SSSR count). The SMILES string of the molecule is C=C[C@H](C)[C@@](N)(C(N)=O)c1ccccc1. The number of rotatable bonds is 4. The van der Waals surface area contributed by atoms with Crippen LogP contribution in [0, 0.1) is 5.92 Å². The van der Waals surface area contributed by atoms with Crippen molar-refractivity contribution < 1.29 is 4.79 Å². The highest BCUT2D eigenvalue weighted by Crippen LogP contribution is 2.27.